The predicted octanol–water partition coefficient (Wildman–Crippen LogP) is 2.45. The lowest BCUT2D eigenvalue weighted by atomic mass is 10.2. The Labute approximate surface area is 133 Å². The number of benzene rings is 2. The zero-order valence-electron chi connectivity index (χ0n) is 12.1. The number of carbonyl (C=O) groups is 1. The van der Waals surface area contributed by atoms with Crippen molar-refractivity contribution in [3.05, 3.63) is 70.3 Å². The van der Waals surface area contributed by atoms with E-state index in [9.17, 15) is 22.8 Å². The van der Waals surface area contributed by atoms with Crippen LogP contribution in [0.3, 0.4) is 0 Å². The van der Waals surface area contributed by atoms with Crippen molar-refractivity contribution in [3.8, 4) is 0 Å². The highest BCUT2D eigenvalue weighted by Gasteiger charge is 2.16. The number of amides is 1. The summed E-state index contributed by atoms with van der Waals surface area (Å²) in [6.07, 6.45) is 1.06. The molecule has 0 spiro atoms. The van der Waals surface area contributed by atoms with Gasteiger partial charge in [-0.3, -0.25) is 14.3 Å². The molecule has 0 fully saturated rings. The van der Waals surface area contributed by atoms with E-state index in [4.69, 9.17) is 0 Å². The van der Waals surface area contributed by atoms with E-state index in [1.54, 1.807) is 24.3 Å². The van der Waals surface area contributed by atoms with Crippen LogP contribution in [0.15, 0.2) is 47.4 Å². The first-order chi connectivity index (χ1) is 11.5. The molecule has 1 aromatic heterocycles. The van der Waals surface area contributed by atoms with Crippen LogP contribution in [0, 0.1) is 17.5 Å². The molecule has 3 aromatic rings. The van der Waals surface area contributed by atoms with E-state index in [1.165, 1.54) is 4.68 Å². The quantitative estimate of drug-likeness (QED) is 0.749. The summed E-state index contributed by atoms with van der Waals surface area (Å²) >= 11 is 0. The molecule has 5 nitrogen and oxygen atoms in total. The van der Waals surface area contributed by atoms with Crippen molar-refractivity contribution in [3.63, 3.8) is 0 Å². The van der Waals surface area contributed by atoms with Gasteiger partial charge in [0.2, 0.25) is 11.3 Å². The second-order valence-electron chi connectivity index (χ2n) is 4.95. The molecule has 3 rings (SSSR count). The van der Waals surface area contributed by atoms with Gasteiger partial charge in [0.1, 0.15) is 6.54 Å². The third-order valence-electron chi connectivity index (χ3n) is 3.36. The Bertz CT molecular complexity index is 1000. The Balaban J connectivity index is 1.88. The van der Waals surface area contributed by atoms with Crippen LogP contribution in [-0.4, -0.2) is 15.7 Å². The maximum Gasteiger partial charge on any atom is 0.246 e. The summed E-state index contributed by atoms with van der Waals surface area (Å²) in [5.41, 5.74) is -0.357. The number of para-hydroxylation sites is 1. The Morgan fingerprint density at radius 1 is 1.08 bits per heavy atom. The summed E-state index contributed by atoms with van der Waals surface area (Å²) in [7, 11) is 0. The van der Waals surface area contributed by atoms with E-state index in [-0.39, 0.29) is 12.0 Å². The Morgan fingerprint density at radius 2 is 1.83 bits per heavy atom. The molecule has 2 aromatic carbocycles. The largest absolute Gasteiger partial charge is 0.322 e. The summed E-state index contributed by atoms with van der Waals surface area (Å²) in [6.45, 7) is -0.334. The highest BCUT2D eigenvalue weighted by molar-refractivity contribution is 5.91. The van der Waals surface area contributed by atoms with Gasteiger partial charge in [-0.25, -0.2) is 13.2 Å². The van der Waals surface area contributed by atoms with Crippen molar-refractivity contribution < 1.29 is 18.0 Å². The van der Waals surface area contributed by atoms with Crippen LogP contribution in [0.1, 0.15) is 0 Å². The molecule has 0 aliphatic heterocycles. The molecule has 0 saturated carbocycles. The molecule has 0 aliphatic rings. The molecule has 0 unspecified atom stereocenters. The van der Waals surface area contributed by atoms with Gasteiger partial charge in [-0.15, -0.1) is 0 Å². The van der Waals surface area contributed by atoms with Gasteiger partial charge in [0.25, 0.3) is 0 Å². The minimum absolute atomic E-state index is 0.297. The standard InChI is InChI=1S/C16H10F3N3O2/c17-10-5-6-11(16(19)15(10)18)21-14(24)8-22-12-4-2-1-3-9(12)13(23)7-20-22/h1-7H,8H2,(H,21,24). The summed E-state index contributed by atoms with van der Waals surface area (Å²) in [5.74, 6) is -5.21. The van der Waals surface area contributed by atoms with Gasteiger partial charge < -0.3 is 5.32 Å². The number of hydrogen-bond acceptors (Lipinski definition) is 3. The number of rotatable bonds is 3. The van der Waals surface area contributed by atoms with Crippen molar-refractivity contribution in [2.75, 3.05) is 5.32 Å². The highest BCUT2D eigenvalue weighted by Crippen LogP contribution is 2.19. The molecule has 0 bridgehead atoms. The van der Waals surface area contributed by atoms with E-state index in [1.807, 2.05) is 0 Å². The minimum Gasteiger partial charge on any atom is -0.322 e. The van der Waals surface area contributed by atoms with E-state index >= 15 is 0 Å². The second-order valence-corrected chi connectivity index (χ2v) is 4.95. The molecule has 0 radical (unpaired) electrons. The third kappa shape index (κ3) is 2.85. The van der Waals surface area contributed by atoms with E-state index in [2.05, 4.69) is 10.4 Å². The number of fused-ring (bicyclic) bond motifs is 1. The molecular formula is C16H10F3N3O2. The van der Waals surface area contributed by atoms with Gasteiger partial charge >= 0.3 is 0 Å². The molecule has 1 N–H and O–H groups in total. The van der Waals surface area contributed by atoms with Crippen molar-refractivity contribution in [2.24, 2.45) is 0 Å². The number of aromatic nitrogens is 2. The van der Waals surface area contributed by atoms with Gasteiger partial charge in [0.05, 0.1) is 17.4 Å². The number of nitrogens with zero attached hydrogens (tertiary/aromatic N) is 2. The fourth-order valence-electron chi connectivity index (χ4n) is 2.24. The molecule has 122 valence electrons. The van der Waals surface area contributed by atoms with E-state index in [0.717, 1.165) is 12.3 Å². The van der Waals surface area contributed by atoms with Gasteiger partial charge in [-0.2, -0.15) is 5.10 Å². The first-order valence-electron chi connectivity index (χ1n) is 6.85. The summed E-state index contributed by atoms with van der Waals surface area (Å²) < 4.78 is 40.9. The lowest BCUT2D eigenvalue weighted by molar-refractivity contribution is -0.116. The molecule has 0 atom stereocenters. The SMILES string of the molecule is O=C(Cn1ncc(=O)c2ccccc21)Nc1ccc(F)c(F)c1F. The zero-order chi connectivity index (χ0) is 17.3. The number of anilines is 1. The smallest absolute Gasteiger partial charge is 0.246 e. The van der Waals surface area contributed by atoms with E-state index < -0.39 is 29.0 Å². The fraction of sp³-hybridized carbons (Fsp3) is 0.0625. The molecule has 0 aliphatic carbocycles. The molecule has 8 heteroatoms. The van der Waals surface area contributed by atoms with Crippen molar-refractivity contribution in [2.45, 2.75) is 6.54 Å². The van der Waals surface area contributed by atoms with Crippen LogP contribution < -0.4 is 10.7 Å². The third-order valence-corrected chi connectivity index (χ3v) is 3.36. The predicted molar refractivity (Wildman–Crippen MR) is 80.9 cm³/mol. The lowest BCUT2D eigenvalue weighted by Crippen LogP contribution is -2.23. The number of halogens is 3. The van der Waals surface area contributed by atoms with E-state index in [0.29, 0.717) is 17.0 Å². The van der Waals surface area contributed by atoms with Crippen LogP contribution >= 0.6 is 0 Å². The first-order valence-corrected chi connectivity index (χ1v) is 6.85. The van der Waals surface area contributed by atoms with Crippen molar-refractivity contribution in [1.82, 2.24) is 9.78 Å². The van der Waals surface area contributed by atoms with Gasteiger partial charge in [0.15, 0.2) is 17.5 Å². The average molecular weight is 333 g/mol. The lowest BCUT2D eigenvalue weighted by Gasteiger charge is -2.10. The van der Waals surface area contributed by atoms with Crippen molar-refractivity contribution in [1.29, 1.82) is 0 Å². The summed E-state index contributed by atoms with van der Waals surface area (Å²) in [6, 6.07) is 8.17. The van der Waals surface area contributed by atoms with Crippen molar-refractivity contribution >= 4 is 22.5 Å². The van der Waals surface area contributed by atoms with Gasteiger partial charge in [-0.05, 0) is 24.3 Å². The van der Waals surface area contributed by atoms with Crippen LogP contribution in [0.2, 0.25) is 0 Å². The second kappa shape index (κ2) is 6.15. The first kappa shape index (κ1) is 15.7. The molecule has 1 heterocycles. The molecular weight excluding hydrogens is 323 g/mol. The number of nitrogens with one attached hydrogen (secondary N) is 1. The number of carbonyl (C=O) groups excluding carboxylic acids is 1. The molecule has 24 heavy (non-hydrogen) atoms. The Morgan fingerprint density at radius 3 is 2.62 bits per heavy atom. The monoisotopic (exact) mass is 333 g/mol. The van der Waals surface area contributed by atoms with Crippen LogP contribution in [0.25, 0.3) is 10.9 Å². The molecule has 1 amide bonds. The Kier molecular flexibility index (Phi) is 4.03. The fourth-order valence-corrected chi connectivity index (χ4v) is 2.24. The number of hydrogen-bond donors (Lipinski definition) is 1. The molecule has 0 saturated heterocycles. The normalized spacial score (nSPS) is 10.8. The maximum atomic E-state index is 13.6. The van der Waals surface area contributed by atoms with Gasteiger partial charge in [-0.1, -0.05) is 12.1 Å². The average Bonchev–Trinajstić information content (AvgIpc) is 2.58. The highest BCUT2D eigenvalue weighted by atomic mass is 19.2. The van der Waals surface area contributed by atoms with Crippen LogP contribution in [0.5, 0.6) is 0 Å². The van der Waals surface area contributed by atoms with Gasteiger partial charge in [0, 0.05) is 5.39 Å². The maximum absolute atomic E-state index is 13.6. The van der Waals surface area contributed by atoms with Crippen LogP contribution in [-0.2, 0) is 11.3 Å². The summed E-state index contributed by atoms with van der Waals surface area (Å²) in [5, 5.41) is 6.38. The summed E-state index contributed by atoms with van der Waals surface area (Å²) in [4.78, 5) is 23.7. The van der Waals surface area contributed by atoms with Crippen LogP contribution in [0.4, 0.5) is 18.9 Å². The minimum atomic E-state index is -1.67. The topological polar surface area (TPSA) is 64.0 Å². The zero-order valence-corrected chi connectivity index (χ0v) is 12.1. The Hall–Kier alpha value is -3.16.